The van der Waals surface area contributed by atoms with E-state index < -0.39 is 0 Å². The van der Waals surface area contributed by atoms with E-state index in [9.17, 15) is 10.5 Å². The lowest BCUT2D eigenvalue weighted by molar-refractivity contribution is 0.672. The Labute approximate surface area is 421 Å². The topological polar surface area (TPSA) is 122 Å². The van der Waals surface area contributed by atoms with Gasteiger partial charge in [0.15, 0.2) is 17.5 Å². The summed E-state index contributed by atoms with van der Waals surface area (Å²) in [5.74, 6) is 1.17. The molecule has 0 N–H and O–H groups in total. The smallest absolute Gasteiger partial charge is 0.165 e. The van der Waals surface area contributed by atoms with Gasteiger partial charge in [-0.05, 0) is 96.6 Å². The summed E-state index contributed by atoms with van der Waals surface area (Å²) in [6, 6.07) is 75.9. The van der Waals surface area contributed by atoms with Crippen LogP contribution in [0, 0.1) is 22.7 Å². The van der Waals surface area contributed by atoms with Crippen LogP contribution in [0.1, 0.15) is 11.1 Å². The number of fused-ring (bicyclic) bond motifs is 14. The second-order valence-corrected chi connectivity index (χ2v) is 18.5. The first kappa shape index (κ1) is 41.2. The number of hydrogen-bond donors (Lipinski definition) is 0. The van der Waals surface area contributed by atoms with Gasteiger partial charge in [0.25, 0.3) is 0 Å². The van der Waals surface area contributed by atoms with Crippen molar-refractivity contribution < 1.29 is 8.83 Å². The molecule has 0 bridgehead atoms. The zero-order chi connectivity index (χ0) is 49.0. The van der Waals surface area contributed by atoms with Gasteiger partial charge in [-0.1, -0.05) is 121 Å². The largest absolute Gasteiger partial charge is 0.455 e. The van der Waals surface area contributed by atoms with E-state index in [-0.39, 0.29) is 0 Å². The number of para-hydroxylation sites is 4. The minimum atomic E-state index is 0.337. The number of benzene rings is 10. The molecule has 0 aliphatic carbocycles. The Balaban J connectivity index is 0.935. The van der Waals surface area contributed by atoms with Crippen LogP contribution in [0.2, 0.25) is 0 Å². The van der Waals surface area contributed by atoms with Crippen LogP contribution < -0.4 is 0 Å². The summed E-state index contributed by atoms with van der Waals surface area (Å²) in [6.07, 6.45) is 0. The summed E-state index contributed by atoms with van der Waals surface area (Å²) < 4.78 is 17.6. The van der Waals surface area contributed by atoms with Crippen molar-refractivity contribution in [2.45, 2.75) is 0 Å². The molecule has 342 valence electrons. The molecule has 0 saturated carbocycles. The minimum Gasteiger partial charge on any atom is -0.455 e. The highest BCUT2D eigenvalue weighted by Gasteiger charge is 2.24. The highest BCUT2D eigenvalue weighted by molar-refractivity contribution is 6.25. The van der Waals surface area contributed by atoms with E-state index in [1.807, 2.05) is 127 Å². The third kappa shape index (κ3) is 6.05. The molecule has 74 heavy (non-hydrogen) atoms. The maximum absolute atomic E-state index is 11.1. The van der Waals surface area contributed by atoms with Crippen LogP contribution in [0.25, 0.3) is 144 Å². The van der Waals surface area contributed by atoms with Crippen LogP contribution in [0.15, 0.2) is 221 Å². The fourth-order valence-electron chi connectivity index (χ4n) is 11.2. The average Bonchev–Trinajstić information content (AvgIpc) is 4.27. The predicted molar refractivity (Wildman–Crippen MR) is 294 cm³/mol. The van der Waals surface area contributed by atoms with Crippen molar-refractivity contribution in [3.05, 3.63) is 223 Å². The first-order chi connectivity index (χ1) is 36.6. The maximum Gasteiger partial charge on any atom is 0.165 e. The number of nitriles is 2. The highest BCUT2D eigenvalue weighted by atomic mass is 16.3. The van der Waals surface area contributed by atoms with E-state index in [0.717, 1.165) is 116 Å². The Kier molecular flexibility index (Phi) is 8.88. The summed E-state index contributed by atoms with van der Waals surface area (Å²) in [5.41, 5.74) is 13.4. The lowest BCUT2D eigenvalue weighted by Crippen LogP contribution is -2.04. The quantitative estimate of drug-likeness (QED) is 0.163. The number of nitrogens with zero attached hydrogens (tertiary/aromatic N) is 7. The molecule has 9 nitrogen and oxygen atoms in total. The highest BCUT2D eigenvalue weighted by Crippen LogP contribution is 2.44. The van der Waals surface area contributed by atoms with Crippen molar-refractivity contribution >= 4 is 87.5 Å². The zero-order valence-electron chi connectivity index (χ0n) is 39.2. The fourth-order valence-corrected chi connectivity index (χ4v) is 11.2. The second-order valence-electron chi connectivity index (χ2n) is 18.5. The Morgan fingerprint density at radius 3 is 1.43 bits per heavy atom. The monoisotopic (exact) mass is 945 g/mol. The number of furan rings is 2. The van der Waals surface area contributed by atoms with Gasteiger partial charge in [0.1, 0.15) is 22.3 Å². The van der Waals surface area contributed by atoms with E-state index >= 15 is 0 Å². The first-order valence-electron chi connectivity index (χ1n) is 24.3. The van der Waals surface area contributed by atoms with Crippen molar-refractivity contribution in [3.8, 4) is 68.8 Å². The van der Waals surface area contributed by atoms with Gasteiger partial charge in [0.2, 0.25) is 0 Å². The van der Waals surface area contributed by atoms with Crippen LogP contribution in [0.5, 0.6) is 0 Å². The molecule has 0 amide bonds. The fraction of sp³-hybridized carbons (Fsp3) is 0. The van der Waals surface area contributed by atoms with E-state index in [1.165, 1.54) is 0 Å². The van der Waals surface area contributed by atoms with Crippen LogP contribution in [-0.2, 0) is 0 Å². The Bertz CT molecular complexity index is 4950. The predicted octanol–water partition coefficient (Wildman–Crippen LogP) is 16.3. The number of rotatable bonds is 6. The molecule has 0 fully saturated rings. The van der Waals surface area contributed by atoms with Gasteiger partial charge in [-0.25, -0.2) is 15.0 Å². The molecule has 5 aromatic heterocycles. The van der Waals surface area contributed by atoms with E-state index in [1.54, 1.807) is 0 Å². The van der Waals surface area contributed by atoms with Gasteiger partial charge >= 0.3 is 0 Å². The lowest BCUT2D eigenvalue weighted by Gasteiger charge is -2.16. The second kappa shape index (κ2) is 16.0. The van der Waals surface area contributed by atoms with Crippen LogP contribution in [-0.4, -0.2) is 24.1 Å². The van der Waals surface area contributed by atoms with Gasteiger partial charge in [-0.2, -0.15) is 10.5 Å². The molecule has 15 aromatic rings. The summed E-state index contributed by atoms with van der Waals surface area (Å²) in [5, 5.41) is 30.1. The minimum absolute atomic E-state index is 0.337. The van der Waals surface area contributed by atoms with Gasteiger partial charge in [-0.3, -0.25) is 0 Å². The average molecular weight is 946 g/mol. The lowest BCUT2D eigenvalue weighted by atomic mass is 9.94. The molecule has 10 aromatic carbocycles. The van der Waals surface area contributed by atoms with E-state index in [2.05, 4.69) is 106 Å². The number of hydrogen-bond acceptors (Lipinski definition) is 7. The third-order valence-electron chi connectivity index (χ3n) is 14.5. The van der Waals surface area contributed by atoms with Crippen LogP contribution in [0.4, 0.5) is 0 Å². The third-order valence-corrected chi connectivity index (χ3v) is 14.5. The summed E-state index contributed by atoms with van der Waals surface area (Å²) >= 11 is 0. The molecule has 0 atom stereocenters. The molecule has 0 aliphatic rings. The molecular weight excluding hydrogens is 911 g/mol. The van der Waals surface area contributed by atoms with Gasteiger partial charge in [-0.15, -0.1) is 0 Å². The van der Waals surface area contributed by atoms with E-state index in [0.29, 0.717) is 39.7 Å². The summed E-state index contributed by atoms with van der Waals surface area (Å²) in [7, 11) is 0. The Morgan fingerprint density at radius 1 is 0.338 bits per heavy atom. The van der Waals surface area contributed by atoms with Gasteiger partial charge in [0, 0.05) is 65.9 Å². The summed E-state index contributed by atoms with van der Waals surface area (Å²) in [4.78, 5) is 15.5. The molecule has 0 unspecified atom stereocenters. The molecule has 15 rings (SSSR count). The van der Waals surface area contributed by atoms with E-state index in [4.69, 9.17) is 23.8 Å². The van der Waals surface area contributed by atoms with Crippen molar-refractivity contribution in [2.75, 3.05) is 0 Å². The standard InChI is InChI=1S/C65H35N7O2/c66-36-39-16-4-5-17-43(39)52-35-42(72-54-23-11-7-21-51(54)60-56(72)33-31-48-46-19-9-13-25-58(46)74-62(48)60)27-29-49(52)65-69-63(38-14-2-1-3-15-38)68-64(70-65)44-28-26-41(34-40(44)37-67)71-53-22-10-6-20-50(53)59-55(71)32-30-47-45-18-8-12-24-57(45)73-61(47)59/h1-35H. The SMILES string of the molecule is N#Cc1cc(-n2c3ccccc3c3c4oc5ccccc5c4ccc32)ccc1-c1nc(-c2ccccc2)nc(-c2ccc(-n3c4ccccc4c4c5oc6ccccc6c5ccc43)cc2-c2ccccc2C#N)n1. The van der Waals surface area contributed by atoms with Crippen LogP contribution >= 0.6 is 0 Å². The van der Waals surface area contributed by atoms with Gasteiger partial charge in [0.05, 0.1) is 56.1 Å². The molecule has 0 spiro atoms. The van der Waals surface area contributed by atoms with Crippen molar-refractivity contribution in [1.29, 1.82) is 10.5 Å². The zero-order valence-corrected chi connectivity index (χ0v) is 39.2. The van der Waals surface area contributed by atoms with Crippen molar-refractivity contribution in [1.82, 2.24) is 24.1 Å². The Morgan fingerprint density at radius 2 is 0.824 bits per heavy atom. The summed E-state index contributed by atoms with van der Waals surface area (Å²) in [6.45, 7) is 0. The molecular formula is C65H35N7O2. The molecule has 0 saturated heterocycles. The Hall–Kier alpha value is -10.6. The first-order valence-corrected chi connectivity index (χ1v) is 24.3. The molecule has 0 aliphatic heterocycles. The molecule has 5 heterocycles. The van der Waals surface area contributed by atoms with Crippen molar-refractivity contribution in [2.24, 2.45) is 0 Å². The maximum atomic E-state index is 11.1. The molecule has 9 heteroatoms. The van der Waals surface area contributed by atoms with Crippen LogP contribution in [0.3, 0.4) is 0 Å². The van der Waals surface area contributed by atoms with Gasteiger partial charge < -0.3 is 18.0 Å². The molecule has 0 radical (unpaired) electrons. The van der Waals surface area contributed by atoms with Crippen molar-refractivity contribution in [3.63, 3.8) is 0 Å². The number of aromatic nitrogens is 5. The normalized spacial score (nSPS) is 11.8.